The molecular formula is C9H7ClFN3. The number of aryl methyl sites for hydroxylation is 1. The maximum absolute atomic E-state index is 13.5. The lowest BCUT2D eigenvalue weighted by Gasteiger charge is -2.07. The summed E-state index contributed by atoms with van der Waals surface area (Å²) in [6.45, 7) is 1.80. The molecule has 0 atom stereocenters. The minimum atomic E-state index is -0.341. The predicted molar refractivity (Wildman–Crippen MR) is 51.1 cm³/mol. The Balaban J connectivity index is 2.68. The summed E-state index contributed by atoms with van der Waals surface area (Å²) in [6.07, 6.45) is 1.38. The highest BCUT2D eigenvalue weighted by Gasteiger charge is 2.10. The van der Waals surface area contributed by atoms with Crippen molar-refractivity contribution in [3.8, 4) is 5.69 Å². The average molecular weight is 212 g/mol. The van der Waals surface area contributed by atoms with Crippen molar-refractivity contribution in [1.82, 2.24) is 14.8 Å². The van der Waals surface area contributed by atoms with Crippen molar-refractivity contribution in [1.29, 1.82) is 0 Å². The first-order valence-electron chi connectivity index (χ1n) is 4.01. The third-order valence-corrected chi connectivity index (χ3v) is 2.19. The maximum Gasteiger partial charge on any atom is 0.229 e. The van der Waals surface area contributed by atoms with E-state index in [4.69, 9.17) is 11.6 Å². The highest BCUT2D eigenvalue weighted by Crippen LogP contribution is 2.20. The van der Waals surface area contributed by atoms with Gasteiger partial charge in [0.15, 0.2) is 0 Å². The van der Waals surface area contributed by atoms with Gasteiger partial charge in [-0.15, -0.1) is 10.2 Å². The van der Waals surface area contributed by atoms with Crippen molar-refractivity contribution in [3.05, 3.63) is 41.2 Å². The summed E-state index contributed by atoms with van der Waals surface area (Å²) < 4.78 is 14.9. The Labute approximate surface area is 85.1 Å². The molecule has 1 aromatic carbocycles. The molecule has 0 radical (unpaired) electrons. The van der Waals surface area contributed by atoms with Crippen LogP contribution < -0.4 is 0 Å². The molecule has 0 aliphatic carbocycles. The molecule has 0 N–H and O–H groups in total. The number of benzene rings is 1. The molecule has 72 valence electrons. The van der Waals surface area contributed by atoms with E-state index in [-0.39, 0.29) is 11.1 Å². The molecular weight excluding hydrogens is 205 g/mol. The van der Waals surface area contributed by atoms with E-state index in [1.807, 2.05) is 0 Å². The van der Waals surface area contributed by atoms with Crippen LogP contribution in [0, 0.1) is 12.7 Å². The van der Waals surface area contributed by atoms with Gasteiger partial charge in [0.2, 0.25) is 5.28 Å². The minimum Gasteiger partial charge on any atom is -0.269 e. The number of rotatable bonds is 1. The summed E-state index contributed by atoms with van der Waals surface area (Å²) in [4.78, 5) is 0. The molecule has 2 rings (SSSR count). The maximum atomic E-state index is 13.5. The van der Waals surface area contributed by atoms with E-state index in [2.05, 4.69) is 10.2 Å². The van der Waals surface area contributed by atoms with Gasteiger partial charge in [-0.1, -0.05) is 12.1 Å². The lowest BCUT2D eigenvalue weighted by atomic mass is 10.2. The molecule has 0 spiro atoms. The predicted octanol–water partition coefficient (Wildman–Crippen LogP) is 2.37. The minimum absolute atomic E-state index is 0.151. The summed E-state index contributed by atoms with van der Waals surface area (Å²) in [5.74, 6) is -0.341. The second kappa shape index (κ2) is 3.38. The number of halogens is 2. The zero-order valence-corrected chi connectivity index (χ0v) is 8.16. The van der Waals surface area contributed by atoms with Gasteiger partial charge in [0.25, 0.3) is 0 Å². The van der Waals surface area contributed by atoms with Crippen molar-refractivity contribution < 1.29 is 4.39 Å². The summed E-state index contributed by atoms with van der Waals surface area (Å²) >= 11 is 5.74. The van der Waals surface area contributed by atoms with Crippen molar-refractivity contribution in [2.45, 2.75) is 6.92 Å². The first kappa shape index (κ1) is 9.15. The Hall–Kier alpha value is -1.42. The SMILES string of the molecule is Cc1cccc(F)c1-n1cnnc1Cl. The first-order chi connectivity index (χ1) is 6.70. The smallest absolute Gasteiger partial charge is 0.229 e. The Kier molecular flexibility index (Phi) is 2.21. The average Bonchev–Trinajstić information content (AvgIpc) is 2.52. The van der Waals surface area contributed by atoms with Crippen LogP contribution in [0.25, 0.3) is 5.69 Å². The van der Waals surface area contributed by atoms with Crippen molar-refractivity contribution in [2.75, 3.05) is 0 Å². The molecule has 1 heterocycles. The molecule has 2 aromatic rings. The van der Waals surface area contributed by atoms with Crippen LogP contribution >= 0.6 is 11.6 Å². The number of hydrogen-bond acceptors (Lipinski definition) is 2. The van der Waals surface area contributed by atoms with Crippen LogP contribution in [0.1, 0.15) is 5.56 Å². The fourth-order valence-corrected chi connectivity index (χ4v) is 1.47. The number of para-hydroxylation sites is 1. The Morgan fingerprint density at radius 3 is 2.79 bits per heavy atom. The van der Waals surface area contributed by atoms with E-state index >= 15 is 0 Å². The molecule has 3 nitrogen and oxygen atoms in total. The topological polar surface area (TPSA) is 30.7 Å². The first-order valence-corrected chi connectivity index (χ1v) is 4.39. The molecule has 0 amide bonds. The van der Waals surface area contributed by atoms with Gasteiger partial charge in [-0.25, -0.2) is 4.39 Å². The highest BCUT2D eigenvalue weighted by atomic mass is 35.5. The van der Waals surface area contributed by atoms with Crippen molar-refractivity contribution >= 4 is 11.6 Å². The largest absolute Gasteiger partial charge is 0.269 e. The van der Waals surface area contributed by atoms with Crippen molar-refractivity contribution in [3.63, 3.8) is 0 Å². The van der Waals surface area contributed by atoms with Gasteiger partial charge in [-0.05, 0) is 30.2 Å². The molecule has 0 unspecified atom stereocenters. The van der Waals surface area contributed by atoms with E-state index in [9.17, 15) is 4.39 Å². The normalized spacial score (nSPS) is 10.5. The van der Waals surface area contributed by atoms with Crippen LogP contribution in [0.4, 0.5) is 4.39 Å². The fraction of sp³-hybridized carbons (Fsp3) is 0.111. The van der Waals surface area contributed by atoms with Crippen LogP contribution in [-0.4, -0.2) is 14.8 Å². The third-order valence-electron chi connectivity index (χ3n) is 1.94. The summed E-state index contributed by atoms with van der Waals surface area (Å²) in [7, 11) is 0. The second-order valence-corrected chi connectivity index (χ2v) is 3.21. The monoisotopic (exact) mass is 211 g/mol. The standard InChI is InChI=1S/C9H7ClFN3/c1-6-3-2-4-7(11)8(6)14-5-12-13-9(14)10/h2-5H,1H3. The molecule has 0 bridgehead atoms. The lowest BCUT2D eigenvalue weighted by Crippen LogP contribution is -1.99. The lowest BCUT2D eigenvalue weighted by molar-refractivity contribution is 0.616. The molecule has 0 fully saturated rings. The number of nitrogens with zero attached hydrogens (tertiary/aromatic N) is 3. The van der Waals surface area contributed by atoms with E-state index < -0.39 is 0 Å². The summed E-state index contributed by atoms with van der Waals surface area (Å²) in [5.41, 5.74) is 1.18. The van der Waals surface area contributed by atoms with Gasteiger partial charge < -0.3 is 0 Å². The van der Waals surface area contributed by atoms with Gasteiger partial charge in [0.1, 0.15) is 12.1 Å². The van der Waals surface area contributed by atoms with Crippen LogP contribution in [0.3, 0.4) is 0 Å². The molecule has 14 heavy (non-hydrogen) atoms. The van der Waals surface area contributed by atoms with Gasteiger partial charge in [0, 0.05) is 0 Å². The second-order valence-electron chi connectivity index (χ2n) is 2.88. The molecule has 1 aromatic heterocycles. The molecule has 0 aliphatic heterocycles. The van der Waals surface area contributed by atoms with E-state index in [1.54, 1.807) is 19.1 Å². The van der Waals surface area contributed by atoms with Gasteiger partial charge in [-0.3, -0.25) is 4.57 Å². The van der Waals surface area contributed by atoms with Gasteiger partial charge in [0.05, 0.1) is 5.69 Å². The Morgan fingerprint density at radius 1 is 1.43 bits per heavy atom. The molecule has 0 saturated heterocycles. The highest BCUT2D eigenvalue weighted by molar-refractivity contribution is 6.28. The fourth-order valence-electron chi connectivity index (χ4n) is 1.30. The molecule has 0 aliphatic rings. The van der Waals surface area contributed by atoms with Crippen LogP contribution in [0.5, 0.6) is 0 Å². The number of aromatic nitrogens is 3. The summed E-state index contributed by atoms with van der Waals surface area (Å²) in [6, 6.07) is 4.82. The Bertz CT molecular complexity index is 447. The van der Waals surface area contributed by atoms with E-state index in [0.29, 0.717) is 5.69 Å². The zero-order valence-electron chi connectivity index (χ0n) is 7.41. The molecule has 5 heteroatoms. The van der Waals surface area contributed by atoms with Crippen LogP contribution in [0.2, 0.25) is 5.28 Å². The number of hydrogen-bond donors (Lipinski definition) is 0. The third kappa shape index (κ3) is 1.37. The van der Waals surface area contributed by atoms with E-state index in [0.717, 1.165) is 5.56 Å². The van der Waals surface area contributed by atoms with Crippen LogP contribution in [0.15, 0.2) is 24.5 Å². The summed E-state index contributed by atoms with van der Waals surface area (Å²) in [5, 5.41) is 7.33. The van der Waals surface area contributed by atoms with Gasteiger partial charge in [-0.2, -0.15) is 0 Å². The van der Waals surface area contributed by atoms with Gasteiger partial charge >= 0.3 is 0 Å². The van der Waals surface area contributed by atoms with Crippen LogP contribution in [-0.2, 0) is 0 Å². The molecule has 0 saturated carbocycles. The Morgan fingerprint density at radius 2 is 2.21 bits per heavy atom. The zero-order chi connectivity index (χ0) is 10.1. The van der Waals surface area contributed by atoms with Crippen molar-refractivity contribution in [2.24, 2.45) is 0 Å². The van der Waals surface area contributed by atoms with E-state index in [1.165, 1.54) is 17.0 Å². The quantitative estimate of drug-likeness (QED) is 0.725.